The van der Waals surface area contributed by atoms with Crippen LogP contribution in [0.4, 0.5) is 0 Å². The largest absolute Gasteiger partial charge is 0.462 e. The van der Waals surface area contributed by atoms with Gasteiger partial charge >= 0.3 is 17.9 Å². The number of hydrogen-bond acceptors (Lipinski definition) is 6. The van der Waals surface area contributed by atoms with Crippen LogP contribution in [-0.4, -0.2) is 37.2 Å². The second kappa shape index (κ2) is 64.6. The summed E-state index contributed by atoms with van der Waals surface area (Å²) in [6, 6.07) is 0. The zero-order chi connectivity index (χ0) is 55.0. The molecule has 76 heavy (non-hydrogen) atoms. The van der Waals surface area contributed by atoms with E-state index in [1.54, 1.807) is 0 Å². The van der Waals surface area contributed by atoms with Gasteiger partial charge in [0.25, 0.3) is 0 Å². The van der Waals surface area contributed by atoms with Crippen molar-refractivity contribution >= 4 is 17.9 Å². The van der Waals surface area contributed by atoms with Crippen molar-refractivity contribution < 1.29 is 28.6 Å². The molecule has 0 aromatic carbocycles. The van der Waals surface area contributed by atoms with Crippen LogP contribution in [0.25, 0.3) is 0 Å². The third-order valence-electron chi connectivity index (χ3n) is 14.7. The number of ether oxygens (including phenoxy) is 3. The van der Waals surface area contributed by atoms with E-state index in [9.17, 15) is 14.4 Å². The van der Waals surface area contributed by atoms with Crippen molar-refractivity contribution in [1.82, 2.24) is 0 Å². The summed E-state index contributed by atoms with van der Waals surface area (Å²) in [6.07, 6.45) is 82.4. The topological polar surface area (TPSA) is 78.9 Å². The van der Waals surface area contributed by atoms with E-state index in [0.29, 0.717) is 19.3 Å². The lowest BCUT2D eigenvalue weighted by Gasteiger charge is -2.18. The van der Waals surface area contributed by atoms with Crippen LogP contribution in [0.1, 0.15) is 348 Å². The van der Waals surface area contributed by atoms with Crippen LogP contribution in [0.5, 0.6) is 0 Å². The monoisotopic (exact) mass is 1060 g/mol. The molecule has 0 radical (unpaired) electrons. The molecule has 0 spiro atoms. The number of rotatable bonds is 61. The van der Waals surface area contributed by atoms with Crippen LogP contribution in [0, 0.1) is 0 Å². The number of allylic oxidation sites excluding steroid dienone is 10. The molecule has 1 atom stereocenters. The van der Waals surface area contributed by atoms with E-state index in [1.165, 1.54) is 199 Å². The summed E-state index contributed by atoms with van der Waals surface area (Å²) in [6.45, 7) is 6.55. The maximum Gasteiger partial charge on any atom is 0.306 e. The Morgan fingerprint density at radius 3 is 0.816 bits per heavy atom. The van der Waals surface area contributed by atoms with Gasteiger partial charge in [0.15, 0.2) is 6.10 Å². The van der Waals surface area contributed by atoms with Crippen molar-refractivity contribution in [2.75, 3.05) is 13.2 Å². The third-order valence-corrected chi connectivity index (χ3v) is 14.7. The summed E-state index contributed by atoms with van der Waals surface area (Å²) < 4.78 is 16.9. The zero-order valence-corrected chi connectivity index (χ0v) is 50.8. The van der Waals surface area contributed by atoms with Crippen molar-refractivity contribution in [3.63, 3.8) is 0 Å². The third kappa shape index (κ3) is 62.0. The molecule has 0 heterocycles. The highest BCUT2D eigenvalue weighted by atomic mass is 16.6. The van der Waals surface area contributed by atoms with Gasteiger partial charge in [0.2, 0.25) is 0 Å². The molecule has 0 saturated carbocycles. The van der Waals surface area contributed by atoms with E-state index in [0.717, 1.165) is 109 Å². The summed E-state index contributed by atoms with van der Waals surface area (Å²) >= 11 is 0. The number of unbranched alkanes of at least 4 members (excludes halogenated alkanes) is 40. The lowest BCUT2D eigenvalue weighted by atomic mass is 10.0. The second-order valence-corrected chi connectivity index (χ2v) is 22.3. The fraction of sp³-hybridized carbons (Fsp3) is 0.814. The minimum absolute atomic E-state index is 0.0807. The fourth-order valence-corrected chi connectivity index (χ4v) is 9.74. The first kappa shape index (κ1) is 73.1. The lowest BCUT2D eigenvalue weighted by molar-refractivity contribution is -0.167. The van der Waals surface area contributed by atoms with E-state index >= 15 is 0 Å². The Hall–Kier alpha value is -2.89. The normalized spacial score (nSPS) is 12.4. The number of hydrogen-bond donors (Lipinski definition) is 0. The number of carbonyl (C=O) groups excluding carboxylic acids is 3. The maximum absolute atomic E-state index is 12.9. The molecule has 6 nitrogen and oxygen atoms in total. The summed E-state index contributed by atoms with van der Waals surface area (Å²) in [4.78, 5) is 38.3. The standard InChI is InChI=1S/C70H126O6/c1-4-7-10-13-16-19-22-25-28-30-31-32-33-34-35-36-37-38-39-40-43-45-48-51-54-57-60-63-69(72)75-66-67(65-74-68(71)62-59-56-53-50-47-44-41-27-24-21-18-15-12-9-6-3)76-70(73)64-61-58-55-52-49-46-42-29-26-23-20-17-14-11-8-5-2/h9,12,18,21,27,29-31,41-42,67H,4-8,10-11,13-17,19-20,22-26,28,32-40,43-66H2,1-3H3/b12-9-,21-18-,31-30-,41-27-,42-29-. The van der Waals surface area contributed by atoms with Crippen LogP contribution in [0.3, 0.4) is 0 Å². The summed E-state index contributed by atoms with van der Waals surface area (Å²) in [7, 11) is 0. The molecule has 0 saturated heterocycles. The predicted molar refractivity (Wildman–Crippen MR) is 330 cm³/mol. The molecule has 6 heteroatoms. The van der Waals surface area contributed by atoms with E-state index < -0.39 is 6.10 Å². The van der Waals surface area contributed by atoms with Gasteiger partial charge in [-0.25, -0.2) is 0 Å². The Labute approximate surface area is 472 Å². The average molecular weight is 1060 g/mol. The van der Waals surface area contributed by atoms with Crippen molar-refractivity contribution in [1.29, 1.82) is 0 Å². The highest BCUT2D eigenvalue weighted by Crippen LogP contribution is 2.17. The minimum Gasteiger partial charge on any atom is -0.462 e. The lowest BCUT2D eigenvalue weighted by Crippen LogP contribution is -2.30. The fourth-order valence-electron chi connectivity index (χ4n) is 9.74. The highest BCUT2D eigenvalue weighted by Gasteiger charge is 2.19. The Morgan fingerprint density at radius 1 is 0.276 bits per heavy atom. The minimum atomic E-state index is -0.786. The predicted octanol–water partition coefficient (Wildman–Crippen LogP) is 22.7. The Balaban J connectivity index is 4.26. The van der Waals surface area contributed by atoms with Crippen molar-refractivity contribution in [2.24, 2.45) is 0 Å². The van der Waals surface area contributed by atoms with E-state index in [4.69, 9.17) is 14.2 Å². The van der Waals surface area contributed by atoms with E-state index in [1.807, 2.05) is 0 Å². The second-order valence-electron chi connectivity index (χ2n) is 22.3. The molecule has 0 aliphatic heterocycles. The quantitative estimate of drug-likeness (QED) is 0.0261. The van der Waals surface area contributed by atoms with Crippen LogP contribution in [0.15, 0.2) is 60.8 Å². The summed E-state index contributed by atoms with van der Waals surface area (Å²) in [5.41, 5.74) is 0. The molecule has 0 aliphatic rings. The molecule has 0 rings (SSSR count). The van der Waals surface area contributed by atoms with Crippen molar-refractivity contribution in [3.8, 4) is 0 Å². The van der Waals surface area contributed by atoms with Crippen molar-refractivity contribution in [3.05, 3.63) is 60.8 Å². The molecule has 0 aromatic rings. The maximum atomic E-state index is 12.9. The Bertz CT molecular complexity index is 1360. The first-order valence-electron chi connectivity index (χ1n) is 33.3. The van der Waals surface area contributed by atoms with E-state index in [-0.39, 0.29) is 31.1 Å². The highest BCUT2D eigenvalue weighted by molar-refractivity contribution is 5.71. The molecule has 442 valence electrons. The van der Waals surface area contributed by atoms with Crippen LogP contribution >= 0.6 is 0 Å². The zero-order valence-electron chi connectivity index (χ0n) is 50.8. The molecular weight excluding hydrogens is 937 g/mol. The first-order chi connectivity index (χ1) is 37.5. The Kier molecular flexibility index (Phi) is 62.2. The van der Waals surface area contributed by atoms with Crippen LogP contribution in [0.2, 0.25) is 0 Å². The number of esters is 3. The molecule has 0 amide bonds. The first-order valence-corrected chi connectivity index (χ1v) is 33.3. The van der Waals surface area contributed by atoms with Gasteiger partial charge in [-0.05, 0) is 103 Å². The van der Waals surface area contributed by atoms with Gasteiger partial charge in [0, 0.05) is 19.3 Å². The van der Waals surface area contributed by atoms with Gasteiger partial charge < -0.3 is 14.2 Å². The Morgan fingerprint density at radius 2 is 0.513 bits per heavy atom. The molecule has 0 aromatic heterocycles. The van der Waals surface area contributed by atoms with Gasteiger partial charge in [0.1, 0.15) is 13.2 Å². The molecule has 0 aliphatic carbocycles. The SMILES string of the molecule is CC/C=C\C/C=C\C/C=C\CCCCCCCC(=O)OCC(COC(=O)CCCCCCCCCCCCCCCCC/C=C\CCCCCCCCCC)OC(=O)CCCCCCC/C=C\CCCCCCCCC. The molecule has 1 unspecified atom stereocenters. The van der Waals surface area contributed by atoms with Gasteiger partial charge in [-0.1, -0.05) is 287 Å². The smallest absolute Gasteiger partial charge is 0.306 e. The molecular formula is C70H126O6. The van der Waals surface area contributed by atoms with Gasteiger partial charge in [-0.3, -0.25) is 14.4 Å². The summed E-state index contributed by atoms with van der Waals surface area (Å²) in [5.74, 6) is -0.889. The van der Waals surface area contributed by atoms with Gasteiger partial charge in [0.05, 0.1) is 0 Å². The van der Waals surface area contributed by atoms with Crippen molar-refractivity contribution in [2.45, 2.75) is 354 Å². The van der Waals surface area contributed by atoms with Gasteiger partial charge in [-0.15, -0.1) is 0 Å². The molecule has 0 bridgehead atoms. The van der Waals surface area contributed by atoms with E-state index in [2.05, 4.69) is 81.5 Å². The number of carbonyl (C=O) groups is 3. The van der Waals surface area contributed by atoms with Gasteiger partial charge in [-0.2, -0.15) is 0 Å². The average Bonchev–Trinajstić information content (AvgIpc) is 3.42. The molecule has 0 fully saturated rings. The summed E-state index contributed by atoms with van der Waals surface area (Å²) in [5, 5.41) is 0. The van der Waals surface area contributed by atoms with Crippen LogP contribution in [-0.2, 0) is 28.6 Å². The van der Waals surface area contributed by atoms with Crippen LogP contribution < -0.4 is 0 Å². The molecule has 0 N–H and O–H groups in total.